The molecule has 2 aromatic heterocycles. The van der Waals surface area contributed by atoms with E-state index < -0.39 is 0 Å². The van der Waals surface area contributed by atoms with Gasteiger partial charge in [0, 0.05) is 22.7 Å². The van der Waals surface area contributed by atoms with E-state index in [1.54, 1.807) is 7.11 Å². The second-order valence-corrected chi connectivity index (χ2v) is 5.64. The number of fused-ring (bicyclic) bond motifs is 1. The summed E-state index contributed by atoms with van der Waals surface area (Å²) < 4.78 is 8.56. The molecule has 0 aliphatic heterocycles. The fraction of sp³-hybridized carbons (Fsp3) is 0.188. The maximum absolute atomic E-state index is 5.78. The van der Waals surface area contributed by atoms with E-state index in [1.165, 1.54) is 0 Å². The number of methoxy groups -OCH3 is 1. The molecule has 0 fully saturated rings. The van der Waals surface area contributed by atoms with Crippen LogP contribution in [0.15, 0.2) is 47.1 Å². The molecule has 3 rings (SSSR count). The van der Waals surface area contributed by atoms with E-state index in [-0.39, 0.29) is 0 Å². The Labute approximate surface area is 131 Å². The zero-order chi connectivity index (χ0) is 14.8. The van der Waals surface area contributed by atoms with Crippen LogP contribution in [0.4, 0.5) is 0 Å². The highest BCUT2D eigenvalue weighted by Gasteiger charge is 2.16. The van der Waals surface area contributed by atoms with Crippen molar-refractivity contribution < 1.29 is 4.74 Å². The van der Waals surface area contributed by atoms with E-state index in [0.29, 0.717) is 6.54 Å². The number of halogens is 1. The average molecular weight is 346 g/mol. The number of ether oxygens (including phenoxy) is 1. The summed E-state index contributed by atoms with van der Waals surface area (Å²) in [5.41, 5.74) is 9.70. The number of imidazole rings is 1. The summed E-state index contributed by atoms with van der Waals surface area (Å²) in [6, 6.07) is 11.9. The molecule has 0 amide bonds. The monoisotopic (exact) mass is 345 g/mol. The van der Waals surface area contributed by atoms with Crippen molar-refractivity contribution in [3.05, 3.63) is 52.8 Å². The topological polar surface area (TPSA) is 52.5 Å². The molecule has 0 unspecified atom stereocenters. The number of nitrogens with two attached hydrogens (primary N) is 1. The molecule has 2 N–H and O–H groups in total. The van der Waals surface area contributed by atoms with Gasteiger partial charge < -0.3 is 14.9 Å². The first-order valence-corrected chi connectivity index (χ1v) is 7.54. The number of pyridine rings is 1. The molecule has 0 bridgehead atoms. The van der Waals surface area contributed by atoms with Gasteiger partial charge in [0.15, 0.2) is 0 Å². The largest absolute Gasteiger partial charge is 0.496 e. The number of benzene rings is 1. The normalized spacial score (nSPS) is 11.0. The molecular formula is C16H16BrN3O. The molecule has 0 saturated heterocycles. The van der Waals surface area contributed by atoms with Crippen molar-refractivity contribution in [2.75, 3.05) is 13.7 Å². The highest BCUT2D eigenvalue weighted by molar-refractivity contribution is 9.10. The molecule has 1 aromatic carbocycles. The van der Waals surface area contributed by atoms with E-state index in [4.69, 9.17) is 15.5 Å². The summed E-state index contributed by atoms with van der Waals surface area (Å²) in [6.45, 7) is 0.572. The first-order chi connectivity index (χ1) is 10.2. The minimum absolute atomic E-state index is 0.572. The van der Waals surface area contributed by atoms with Gasteiger partial charge >= 0.3 is 0 Å². The molecule has 3 aromatic rings. The van der Waals surface area contributed by atoms with Gasteiger partial charge in [-0.05, 0) is 46.7 Å². The molecule has 0 saturated carbocycles. The summed E-state index contributed by atoms with van der Waals surface area (Å²) in [5.74, 6) is 0.818. The summed E-state index contributed by atoms with van der Waals surface area (Å²) in [7, 11) is 1.67. The molecule has 5 heteroatoms. The van der Waals surface area contributed by atoms with Gasteiger partial charge in [0.25, 0.3) is 0 Å². The minimum atomic E-state index is 0.572. The predicted octanol–water partition coefficient (Wildman–Crippen LogP) is 3.27. The second-order valence-electron chi connectivity index (χ2n) is 4.72. The maximum Gasteiger partial charge on any atom is 0.137 e. The summed E-state index contributed by atoms with van der Waals surface area (Å²) in [4.78, 5) is 4.76. The Morgan fingerprint density at radius 2 is 2.05 bits per heavy atom. The molecule has 0 aliphatic rings. The van der Waals surface area contributed by atoms with Crippen LogP contribution >= 0.6 is 15.9 Å². The van der Waals surface area contributed by atoms with Crippen LogP contribution < -0.4 is 10.5 Å². The predicted molar refractivity (Wildman–Crippen MR) is 87.6 cm³/mol. The summed E-state index contributed by atoms with van der Waals surface area (Å²) in [5, 5.41) is 0. The molecule has 21 heavy (non-hydrogen) atoms. The molecule has 4 nitrogen and oxygen atoms in total. The Morgan fingerprint density at radius 1 is 1.24 bits per heavy atom. The van der Waals surface area contributed by atoms with Gasteiger partial charge in [0.1, 0.15) is 11.4 Å². The third-order valence-electron chi connectivity index (χ3n) is 3.42. The molecular weight excluding hydrogens is 330 g/mol. The quantitative estimate of drug-likeness (QED) is 0.789. The van der Waals surface area contributed by atoms with Crippen molar-refractivity contribution >= 4 is 21.6 Å². The molecule has 108 valence electrons. The van der Waals surface area contributed by atoms with E-state index in [1.807, 2.05) is 42.6 Å². The van der Waals surface area contributed by atoms with Gasteiger partial charge in [-0.25, -0.2) is 4.98 Å². The Morgan fingerprint density at radius 3 is 2.81 bits per heavy atom. The second kappa shape index (κ2) is 5.87. The Balaban J connectivity index is 2.28. The molecule has 2 heterocycles. The third-order valence-corrected chi connectivity index (χ3v) is 3.89. The van der Waals surface area contributed by atoms with Crippen LogP contribution in [0.3, 0.4) is 0 Å². The fourth-order valence-electron chi connectivity index (χ4n) is 2.50. The van der Waals surface area contributed by atoms with Crippen molar-refractivity contribution in [3.63, 3.8) is 0 Å². The van der Waals surface area contributed by atoms with Gasteiger partial charge in [-0.2, -0.15) is 0 Å². The lowest BCUT2D eigenvalue weighted by Crippen LogP contribution is -2.06. The number of hydrogen-bond acceptors (Lipinski definition) is 3. The maximum atomic E-state index is 5.78. The number of hydrogen-bond donors (Lipinski definition) is 1. The zero-order valence-corrected chi connectivity index (χ0v) is 13.3. The smallest absolute Gasteiger partial charge is 0.137 e. The van der Waals surface area contributed by atoms with Crippen LogP contribution in [0.2, 0.25) is 0 Å². The standard InChI is InChI=1S/C16H16BrN3O/c1-21-14-5-3-2-4-12(14)16-13(8-9-18)20-10-11(17)6-7-15(20)19-16/h2-7,10H,8-9,18H2,1H3. The lowest BCUT2D eigenvalue weighted by molar-refractivity contribution is 0.416. The number of nitrogens with zero attached hydrogens (tertiary/aromatic N) is 2. The van der Waals surface area contributed by atoms with E-state index in [9.17, 15) is 0 Å². The summed E-state index contributed by atoms with van der Waals surface area (Å²) >= 11 is 3.51. The molecule has 0 spiro atoms. The summed E-state index contributed by atoms with van der Waals surface area (Å²) in [6.07, 6.45) is 2.78. The Kier molecular flexibility index (Phi) is 3.94. The van der Waals surface area contributed by atoms with Crippen molar-refractivity contribution in [3.8, 4) is 17.0 Å². The van der Waals surface area contributed by atoms with Crippen LogP contribution in [0.1, 0.15) is 5.69 Å². The first-order valence-electron chi connectivity index (χ1n) is 6.74. The highest BCUT2D eigenvalue weighted by atomic mass is 79.9. The van der Waals surface area contributed by atoms with Crippen molar-refractivity contribution in [2.45, 2.75) is 6.42 Å². The number of aromatic nitrogens is 2. The SMILES string of the molecule is COc1ccccc1-c1nc2ccc(Br)cn2c1CCN. The van der Waals surface area contributed by atoms with Gasteiger partial charge in [-0.15, -0.1) is 0 Å². The zero-order valence-electron chi connectivity index (χ0n) is 11.7. The molecule has 0 radical (unpaired) electrons. The van der Waals surface area contributed by atoms with Crippen molar-refractivity contribution in [1.29, 1.82) is 0 Å². The molecule has 0 aliphatic carbocycles. The van der Waals surface area contributed by atoms with Crippen LogP contribution in [0.5, 0.6) is 5.75 Å². The van der Waals surface area contributed by atoms with Gasteiger partial charge in [-0.3, -0.25) is 0 Å². The van der Waals surface area contributed by atoms with Crippen molar-refractivity contribution in [2.24, 2.45) is 5.73 Å². The molecule has 0 atom stereocenters. The van der Waals surface area contributed by atoms with E-state index in [2.05, 4.69) is 20.3 Å². The van der Waals surface area contributed by atoms with Crippen LogP contribution in [-0.2, 0) is 6.42 Å². The number of rotatable bonds is 4. The van der Waals surface area contributed by atoms with Crippen molar-refractivity contribution in [1.82, 2.24) is 9.38 Å². The Bertz CT molecular complexity index is 782. The van der Waals surface area contributed by atoms with Crippen LogP contribution in [0.25, 0.3) is 16.9 Å². The lowest BCUT2D eigenvalue weighted by Gasteiger charge is -2.08. The first kappa shape index (κ1) is 14.1. The van der Waals surface area contributed by atoms with Gasteiger partial charge in [0.05, 0.1) is 18.5 Å². The van der Waals surface area contributed by atoms with E-state index in [0.717, 1.165) is 39.2 Å². The lowest BCUT2D eigenvalue weighted by atomic mass is 10.1. The fourth-order valence-corrected chi connectivity index (χ4v) is 2.84. The average Bonchev–Trinajstić information content (AvgIpc) is 2.86. The van der Waals surface area contributed by atoms with Gasteiger partial charge in [0.2, 0.25) is 0 Å². The minimum Gasteiger partial charge on any atom is -0.496 e. The van der Waals surface area contributed by atoms with E-state index >= 15 is 0 Å². The highest BCUT2D eigenvalue weighted by Crippen LogP contribution is 2.32. The van der Waals surface area contributed by atoms with Crippen LogP contribution in [-0.4, -0.2) is 23.0 Å². The number of para-hydroxylation sites is 1. The van der Waals surface area contributed by atoms with Gasteiger partial charge in [-0.1, -0.05) is 12.1 Å². The Hall–Kier alpha value is -1.85. The third kappa shape index (κ3) is 2.54. The van der Waals surface area contributed by atoms with Crippen LogP contribution in [0, 0.1) is 0 Å².